The Morgan fingerprint density at radius 2 is 0.517 bits per heavy atom. The first kappa shape index (κ1) is 103. The molecule has 0 bridgehead atoms. The summed E-state index contributed by atoms with van der Waals surface area (Å²) in [6.45, 7) is -3.17. The fraction of sp³-hybridized carbons (Fsp3) is 0.848. The largest absolute Gasteiger partial charge is 0.478 e. The van der Waals surface area contributed by atoms with E-state index in [9.17, 15) is 150 Å². The molecule has 4 saturated heterocycles. The van der Waals surface area contributed by atoms with Crippen LogP contribution in [0.15, 0.2) is 0 Å². The van der Waals surface area contributed by atoms with Crippen LogP contribution in [-0.4, -0.2) is 441 Å². The molecular formula is C66H118N12O34S4. The Labute approximate surface area is 683 Å². The predicted octanol–water partition coefficient (Wildman–Crippen LogP) is -13.8. The van der Waals surface area contributed by atoms with Gasteiger partial charge < -0.3 is 176 Å². The molecule has 46 nitrogen and oxygen atoms in total. The van der Waals surface area contributed by atoms with E-state index < -0.39 is 276 Å². The van der Waals surface area contributed by atoms with Crippen LogP contribution in [0.1, 0.15) is 77.0 Å². The minimum Gasteiger partial charge on any atom is -0.478 e. The molecule has 4 fully saturated rings. The number of nitrogens with one attached hydrogen (secondary N) is 6. The van der Waals surface area contributed by atoms with Crippen LogP contribution in [0.4, 0.5) is 0 Å². The van der Waals surface area contributed by atoms with E-state index in [-0.39, 0.29) is 104 Å². The van der Waals surface area contributed by atoms with E-state index in [1.807, 2.05) is 0 Å². The second-order valence-electron chi connectivity index (χ2n) is 28.6. The van der Waals surface area contributed by atoms with Gasteiger partial charge in [-0.3, -0.25) is 38.6 Å². The molecule has 24 atom stereocenters. The zero-order valence-electron chi connectivity index (χ0n) is 63.7. The lowest BCUT2D eigenvalue weighted by atomic mass is 9.90. The average molecular weight is 1750 g/mol. The van der Waals surface area contributed by atoms with E-state index in [1.165, 1.54) is 0 Å². The second kappa shape index (κ2) is 50.5. The van der Waals surface area contributed by atoms with Crippen LogP contribution < -0.4 is 54.8 Å². The quantitative estimate of drug-likeness (QED) is 0.0251. The van der Waals surface area contributed by atoms with Crippen LogP contribution in [0.2, 0.25) is 0 Å². The Bertz CT molecular complexity index is 2750. The third kappa shape index (κ3) is 31.2. The van der Waals surface area contributed by atoms with Gasteiger partial charge in [0.1, 0.15) is 73.2 Å². The average Bonchev–Trinajstić information content (AvgIpc) is 0.793. The molecule has 4 aliphatic rings. The summed E-state index contributed by atoms with van der Waals surface area (Å²) in [6, 6.07) is -5.52. The summed E-state index contributed by atoms with van der Waals surface area (Å²) in [6.07, 6.45) is -27.4. The smallest absolute Gasteiger partial charge is 0.346 e. The summed E-state index contributed by atoms with van der Waals surface area (Å²) in [5.41, 5.74) is 23.8. The number of nitrogens with zero attached hydrogens (tertiary/aromatic N) is 2. The summed E-state index contributed by atoms with van der Waals surface area (Å²) in [7, 11) is 0. The molecule has 0 radical (unpaired) electrons. The number of amides is 6. The molecule has 6 amide bonds. The first-order chi connectivity index (χ1) is 54.6. The highest BCUT2D eigenvalue weighted by atomic mass is 32.2. The number of ether oxygens (including phenoxy) is 4. The number of carbonyl (C=O) groups excluding carboxylic acids is 6. The summed E-state index contributed by atoms with van der Waals surface area (Å²) >= 11 is 1.87. The van der Waals surface area contributed by atoms with E-state index in [0.717, 1.165) is 0 Å². The number of aliphatic carboxylic acids is 4. The summed E-state index contributed by atoms with van der Waals surface area (Å²) in [4.78, 5) is 124. The van der Waals surface area contributed by atoms with Crippen molar-refractivity contribution in [2.75, 3.05) is 128 Å². The maximum atomic E-state index is 13.4. The highest BCUT2D eigenvalue weighted by molar-refractivity contribution is 8.02. The van der Waals surface area contributed by atoms with Crippen LogP contribution >= 0.6 is 47.0 Å². The van der Waals surface area contributed by atoms with Gasteiger partial charge >= 0.3 is 23.9 Å². The van der Waals surface area contributed by atoms with Crippen molar-refractivity contribution in [3.8, 4) is 0 Å². The molecule has 4 rings (SSSR count). The first-order valence-corrected chi connectivity index (χ1v) is 41.5. The van der Waals surface area contributed by atoms with Crippen molar-refractivity contribution in [1.29, 1.82) is 0 Å². The standard InChI is InChI=1S/C66H118N12O34S4/c67-47-33(83)19-63(59(101)102,109-55(47)51(97)37(87)25-79)113-29-43(93)73-11-5-15-77(16-6-12-74-44(94)30-114-64(60(103)104)20-34(84)48(68)56(110-64)52(98)38(88)26-80)23-41(91)71-9-3-1-2-4-10-72-42(92)24-78(17-7-13-75-45(95)31-115-65(61(105)106)21-35(85)49(69)57(111-65)53(99)39(89)27-81)18-8-14-76-46(96)32-116-66(62(107)108)22-36(86)50(70)58(112-66)54(100)40(90)28-82/h33-40,47-58,79-90,97-100H,1-32,67-70H2,(H,71,91)(H,72,92)(H,73,93)(H,74,94)(H,75,95)(H,76,96)(H,101,102)(H,103,104)(H,105,106)(H,107,108)/t33-,34-,35-,36-,37+,38+,39+,40+,47+,48+,49+,50+,51-,52-,53-,54-,55+,56+,57+,58+,63-,64-,65-,66-/m0/s1. The topological polar surface area (TPSA) is 795 Å². The molecule has 0 spiro atoms. The lowest BCUT2D eigenvalue weighted by Crippen LogP contribution is -2.64. The number of carboxylic acids is 4. The monoisotopic (exact) mass is 1750 g/mol. The van der Waals surface area contributed by atoms with Crippen molar-refractivity contribution in [2.45, 2.75) is 219 Å². The molecule has 50 heteroatoms. The Kier molecular flexibility index (Phi) is 45.0. The molecular weight excluding hydrogens is 1630 g/mol. The summed E-state index contributed by atoms with van der Waals surface area (Å²) in [5, 5.41) is 219. The maximum Gasteiger partial charge on any atom is 0.346 e. The number of aliphatic hydroxyl groups excluding tert-OH is 16. The van der Waals surface area contributed by atoms with Crippen molar-refractivity contribution in [1.82, 2.24) is 41.7 Å². The Morgan fingerprint density at radius 3 is 0.707 bits per heavy atom. The van der Waals surface area contributed by atoms with E-state index in [1.54, 1.807) is 9.80 Å². The zero-order valence-corrected chi connectivity index (χ0v) is 66.9. The lowest BCUT2D eigenvalue weighted by Gasteiger charge is -2.45. The van der Waals surface area contributed by atoms with Gasteiger partial charge in [0.25, 0.3) is 0 Å². The number of hydrogen-bond acceptors (Lipinski definition) is 40. The van der Waals surface area contributed by atoms with Crippen LogP contribution in [0.5, 0.6) is 0 Å². The van der Waals surface area contributed by atoms with Crippen LogP contribution in [0.3, 0.4) is 0 Å². The highest BCUT2D eigenvalue weighted by Crippen LogP contribution is 2.44. The van der Waals surface area contributed by atoms with Crippen molar-refractivity contribution in [2.24, 2.45) is 22.9 Å². The van der Waals surface area contributed by atoms with E-state index in [2.05, 4.69) is 31.9 Å². The van der Waals surface area contributed by atoms with E-state index >= 15 is 0 Å². The number of aliphatic hydroxyl groups is 16. The molecule has 0 aromatic heterocycles. The molecule has 0 saturated carbocycles. The molecule has 0 aliphatic carbocycles. The van der Waals surface area contributed by atoms with Gasteiger partial charge in [0, 0.05) is 91.1 Å². The van der Waals surface area contributed by atoms with Gasteiger partial charge in [0.2, 0.25) is 55.2 Å². The van der Waals surface area contributed by atoms with Crippen LogP contribution in [0.25, 0.3) is 0 Å². The normalized spacial score (nSPS) is 29.7. The van der Waals surface area contributed by atoms with Gasteiger partial charge in [-0.15, -0.1) is 47.0 Å². The maximum absolute atomic E-state index is 13.4. The lowest BCUT2D eigenvalue weighted by molar-refractivity contribution is -0.201. The summed E-state index contributed by atoms with van der Waals surface area (Å²) < 4.78 is 22.5. The Balaban J connectivity index is 1.33. The van der Waals surface area contributed by atoms with Crippen molar-refractivity contribution in [3.63, 3.8) is 0 Å². The van der Waals surface area contributed by atoms with Crippen molar-refractivity contribution < 1.29 is 169 Å². The van der Waals surface area contributed by atoms with Crippen molar-refractivity contribution >= 4 is 106 Å². The van der Waals surface area contributed by atoms with Gasteiger partial charge in [0.15, 0.2) is 0 Å². The molecule has 116 heavy (non-hydrogen) atoms. The minimum absolute atomic E-state index is 0.0158. The Hall–Kier alpha value is -4.94. The Morgan fingerprint density at radius 1 is 0.328 bits per heavy atom. The molecule has 670 valence electrons. The highest BCUT2D eigenvalue weighted by Gasteiger charge is 2.58. The van der Waals surface area contributed by atoms with Gasteiger partial charge in [-0.25, -0.2) is 19.2 Å². The number of nitrogens with two attached hydrogens (primary N) is 4. The molecule has 34 N–H and O–H groups in total. The van der Waals surface area contributed by atoms with Crippen LogP contribution in [-0.2, 0) is 66.9 Å². The van der Waals surface area contributed by atoms with Gasteiger partial charge in [-0.2, -0.15) is 0 Å². The number of hydrogen-bond donors (Lipinski definition) is 30. The first-order valence-electron chi connectivity index (χ1n) is 37.5. The fourth-order valence-corrected chi connectivity index (χ4v) is 17.0. The summed E-state index contributed by atoms with van der Waals surface area (Å²) in [5.74, 6) is -12.3. The predicted molar refractivity (Wildman–Crippen MR) is 409 cm³/mol. The van der Waals surface area contributed by atoms with Gasteiger partial charge in [0.05, 0.1) is 111 Å². The number of unbranched alkanes of at least 4 members (excludes halogenated alkanes) is 3. The molecule has 0 aromatic carbocycles. The number of rotatable bonds is 55. The van der Waals surface area contributed by atoms with E-state index in [4.69, 9.17) is 41.9 Å². The zero-order chi connectivity index (χ0) is 87.0. The minimum atomic E-state index is -2.32. The third-order valence-corrected chi connectivity index (χ3v) is 24.8. The van der Waals surface area contributed by atoms with Crippen LogP contribution in [0, 0.1) is 0 Å². The number of carboxylic acid groups (broad SMARTS) is 4. The molecule has 4 aliphatic heterocycles. The molecule has 4 heterocycles. The fourth-order valence-electron chi connectivity index (χ4n) is 12.7. The third-order valence-electron chi connectivity index (χ3n) is 19.6. The molecule has 0 aromatic rings. The molecule has 0 unspecified atom stereocenters. The number of carbonyl (C=O) groups is 10. The van der Waals surface area contributed by atoms with E-state index in [0.29, 0.717) is 72.7 Å². The second-order valence-corrected chi connectivity index (χ2v) is 33.5. The van der Waals surface area contributed by atoms with Gasteiger partial charge in [-0.1, -0.05) is 12.8 Å². The number of thioether (sulfide) groups is 4. The van der Waals surface area contributed by atoms with Gasteiger partial charge in [-0.05, 0) is 38.5 Å². The van der Waals surface area contributed by atoms with Crippen molar-refractivity contribution in [3.05, 3.63) is 0 Å². The SMILES string of the molecule is N[C@H]1[C@H]([C@@H](O)[C@H](O)CO)O[C@@](SCC(=O)NCCCN(CCCNC(=O)CS[C@]2(C(=O)O)C[C@H](O)[C@@H](N)[C@H]([C@@H](O)[C@H](O)CO)O2)CC(=O)NCCCCCCNC(=O)CN(CCCNC(=O)CS[C@]2(C(=O)O)C[C@H](O)[C@@H](N)[C@H]([C@@H](O)[C@H](O)CO)O2)CCCNC(=O)CS[C@]2(C(=O)O)C[C@H](O)[C@@H](N)[C@H]([C@@H](O)[C@H](O)CO)O2)(C(=O)O)C[C@@H]1O.